The first-order valence-corrected chi connectivity index (χ1v) is 9.37. The molecule has 2 amide bonds. The first-order valence-electron chi connectivity index (χ1n) is 9.37. The van der Waals surface area contributed by atoms with Crippen LogP contribution >= 0.6 is 0 Å². The predicted octanol–water partition coefficient (Wildman–Crippen LogP) is 2.32. The van der Waals surface area contributed by atoms with Crippen LogP contribution in [0.4, 0.5) is 11.4 Å². The second-order valence-corrected chi connectivity index (χ2v) is 7.99. The standard InChI is InChI=1S/C20H32N4O2/c1-20(2,3)19(26)21-11-5-6-18(25)22-16-7-9-17(10-8-16)24-14-12-23(4)13-15-24/h7-10H,5-6,11-15H2,1-4H3,(H,21,26)(H,22,25). The van der Waals surface area contributed by atoms with E-state index in [1.165, 1.54) is 5.69 Å². The molecule has 2 N–H and O–H groups in total. The van der Waals surface area contributed by atoms with Crippen molar-refractivity contribution in [3.8, 4) is 0 Å². The summed E-state index contributed by atoms with van der Waals surface area (Å²) in [5.41, 5.74) is 1.61. The molecule has 144 valence electrons. The number of carbonyl (C=O) groups excluding carboxylic acids is 2. The maximum Gasteiger partial charge on any atom is 0.225 e. The van der Waals surface area contributed by atoms with Crippen LogP contribution in [0.1, 0.15) is 33.6 Å². The highest BCUT2D eigenvalue weighted by Gasteiger charge is 2.20. The van der Waals surface area contributed by atoms with E-state index in [0.29, 0.717) is 19.4 Å². The topological polar surface area (TPSA) is 64.7 Å². The van der Waals surface area contributed by atoms with E-state index in [-0.39, 0.29) is 11.8 Å². The van der Waals surface area contributed by atoms with Gasteiger partial charge in [0, 0.05) is 55.9 Å². The summed E-state index contributed by atoms with van der Waals surface area (Å²) in [5, 5.41) is 5.78. The van der Waals surface area contributed by atoms with E-state index in [1.54, 1.807) is 0 Å². The summed E-state index contributed by atoms with van der Waals surface area (Å²) in [6.45, 7) is 10.4. The number of benzene rings is 1. The van der Waals surface area contributed by atoms with Gasteiger partial charge in [-0.05, 0) is 37.7 Å². The minimum atomic E-state index is -0.395. The Kier molecular flexibility index (Phi) is 7.03. The van der Waals surface area contributed by atoms with Gasteiger partial charge in [-0.1, -0.05) is 20.8 Å². The number of hydrogen-bond acceptors (Lipinski definition) is 4. The van der Waals surface area contributed by atoms with E-state index in [2.05, 4.69) is 39.6 Å². The SMILES string of the molecule is CN1CCN(c2ccc(NC(=O)CCCNC(=O)C(C)(C)C)cc2)CC1. The molecule has 1 aliphatic heterocycles. The van der Waals surface area contributed by atoms with Gasteiger partial charge in [0.15, 0.2) is 0 Å². The van der Waals surface area contributed by atoms with E-state index in [0.717, 1.165) is 31.9 Å². The molecule has 0 bridgehead atoms. The number of anilines is 2. The van der Waals surface area contributed by atoms with Crippen molar-refractivity contribution in [3.05, 3.63) is 24.3 Å². The van der Waals surface area contributed by atoms with E-state index in [4.69, 9.17) is 0 Å². The van der Waals surface area contributed by atoms with Crippen LogP contribution < -0.4 is 15.5 Å². The van der Waals surface area contributed by atoms with Gasteiger partial charge in [-0.25, -0.2) is 0 Å². The van der Waals surface area contributed by atoms with Gasteiger partial charge in [-0.2, -0.15) is 0 Å². The van der Waals surface area contributed by atoms with Crippen LogP contribution in [0.25, 0.3) is 0 Å². The number of amides is 2. The lowest BCUT2D eigenvalue weighted by Gasteiger charge is -2.34. The zero-order chi connectivity index (χ0) is 19.2. The Labute approximate surface area is 156 Å². The number of piperazine rings is 1. The molecule has 1 aromatic rings. The van der Waals surface area contributed by atoms with Crippen LogP contribution in [-0.4, -0.2) is 56.5 Å². The van der Waals surface area contributed by atoms with Crippen molar-refractivity contribution < 1.29 is 9.59 Å². The summed E-state index contributed by atoms with van der Waals surface area (Å²) >= 11 is 0. The van der Waals surface area contributed by atoms with Crippen molar-refractivity contribution in [1.82, 2.24) is 10.2 Å². The van der Waals surface area contributed by atoms with Crippen molar-refractivity contribution in [2.75, 3.05) is 50.0 Å². The van der Waals surface area contributed by atoms with Gasteiger partial charge in [0.2, 0.25) is 11.8 Å². The molecular weight excluding hydrogens is 328 g/mol. The van der Waals surface area contributed by atoms with Crippen molar-refractivity contribution in [2.24, 2.45) is 5.41 Å². The first kappa shape index (κ1) is 20.2. The molecule has 0 aromatic heterocycles. The van der Waals surface area contributed by atoms with Crippen LogP contribution in [0.3, 0.4) is 0 Å². The summed E-state index contributed by atoms with van der Waals surface area (Å²) in [7, 11) is 2.14. The lowest BCUT2D eigenvalue weighted by atomic mass is 9.96. The second-order valence-electron chi connectivity index (χ2n) is 7.99. The molecule has 1 heterocycles. The van der Waals surface area contributed by atoms with Gasteiger partial charge in [0.25, 0.3) is 0 Å². The van der Waals surface area contributed by atoms with Crippen molar-refractivity contribution in [1.29, 1.82) is 0 Å². The number of nitrogens with zero attached hydrogens (tertiary/aromatic N) is 2. The van der Waals surface area contributed by atoms with Crippen LogP contribution in [0, 0.1) is 5.41 Å². The second kappa shape index (κ2) is 9.03. The summed E-state index contributed by atoms with van der Waals surface area (Å²) in [6.07, 6.45) is 1.03. The Morgan fingerprint density at radius 1 is 1.04 bits per heavy atom. The first-order chi connectivity index (χ1) is 12.3. The molecule has 6 heteroatoms. The summed E-state index contributed by atoms with van der Waals surface area (Å²) in [4.78, 5) is 28.5. The molecule has 0 radical (unpaired) electrons. The molecule has 0 atom stereocenters. The van der Waals surface area contributed by atoms with Crippen molar-refractivity contribution in [3.63, 3.8) is 0 Å². The summed E-state index contributed by atoms with van der Waals surface area (Å²) < 4.78 is 0. The van der Waals surface area contributed by atoms with Crippen LogP contribution in [-0.2, 0) is 9.59 Å². The normalized spacial score (nSPS) is 15.6. The van der Waals surface area contributed by atoms with E-state index >= 15 is 0 Å². The minimum Gasteiger partial charge on any atom is -0.369 e. The van der Waals surface area contributed by atoms with Crippen LogP contribution in [0.5, 0.6) is 0 Å². The average Bonchev–Trinajstić information content (AvgIpc) is 2.59. The van der Waals surface area contributed by atoms with Gasteiger partial charge in [0.1, 0.15) is 0 Å². The summed E-state index contributed by atoms with van der Waals surface area (Å²) in [5.74, 6) is -0.0141. The number of rotatable bonds is 6. The maximum atomic E-state index is 12.0. The zero-order valence-electron chi connectivity index (χ0n) is 16.5. The highest BCUT2D eigenvalue weighted by atomic mass is 16.2. The molecule has 1 aliphatic rings. The lowest BCUT2D eigenvalue weighted by molar-refractivity contribution is -0.128. The van der Waals surface area contributed by atoms with Crippen molar-refractivity contribution >= 4 is 23.2 Å². The fourth-order valence-electron chi connectivity index (χ4n) is 2.76. The van der Waals surface area contributed by atoms with Gasteiger partial charge in [0.05, 0.1) is 0 Å². The number of carbonyl (C=O) groups is 2. The molecule has 0 aliphatic carbocycles. The monoisotopic (exact) mass is 360 g/mol. The molecule has 1 fully saturated rings. The van der Waals surface area contributed by atoms with Crippen LogP contribution in [0.15, 0.2) is 24.3 Å². The molecule has 0 unspecified atom stereocenters. The smallest absolute Gasteiger partial charge is 0.225 e. The number of nitrogens with one attached hydrogen (secondary N) is 2. The van der Waals surface area contributed by atoms with Crippen LogP contribution in [0.2, 0.25) is 0 Å². The molecule has 0 saturated carbocycles. The van der Waals surface area contributed by atoms with Gasteiger partial charge in [-0.3, -0.25) is 9.59 Å². The Balaban J connectivity index is 1.71. The largest absolute Gasteiger partial charge is 0.369 e. The summed E-state index contributed by atoms with van der Waals surface area (Å²) in [6, 6.07) is 8.02. The Morgan fingerprint density at radius 2 is 1.65 bits per heavy atom. The highest BCUT2D eigenvalue weighted by molar-refractivity contribution is 5.91. The molecule has 2 rings (SSSR count). The molecule has 1 saturated heterocycles. The maximum absolute atomic E-state index is 12.0. The third-order valence-electron chi connectivity index (χ3n) is 4.57. The average molecular weight is 361 g/mol. The van der Waals surface area contributed by atoms with Gasteiger partial charge in [-0.15, -0.1) is 0 Å². The molecule has 26 heavy (non-hydrogen) atoms. The Morgan fingerprint density at radius 3 is 2.23 bits per heavy atom. The lowest BCUT2D eigenvalue weighted by Crippen LogP contribution is -2.44. The van der Waals surface area contributed by atoms with E-state index < -0.39 is 5.41 Å². The Hall–Kier alpha value is -2.08. The van der Waals surface area contributed by atoms with Gasteiger partial charge >= 0.3 is 0 Å². The quantitative estimate of drug-likeness (QED) is 0.764. The third kappa shape index (κ3) is 6.33. The predicted molar refractivity (Wildman–Crippen MR) is 106 cm³/mol. The molecule has 0 spiro atoms. The van der Waals surface area contributed by atoms with Gasteiger partial charge < -0.3 is 20.4 Å². The van der Waals surface area contributed by atoms with E-state index in [9.17, 15) is 9.59 Å². The molecule has 1 aromatic carbocycles. The highest BCUT2D eigenvalue weighted by Crippen LogP contribution is 2.19. The number of likely N-dealkylation sites (N-methyl/N-ethyl adjacent to an activating group) is 1. The Bertz CT molecular complexity index is 599. The van der Waals surface area contributed by atoms with Crippen molar-refractivity contribution in [2.45, 2.75) is 33.6 Å². The van der Waals surface area contributed by atoms with E-state index in [1.807, 2.05) is 32.9 Å². The molecule has 6 nitrogen and oxygen atoms in total. The third-order valence-corrected chi connectivity index (χ3v) is 4.57. The fraction of sp³-hybridized carbons (Fsp3) is 0.600. The number of hydrogen-bond donors (Lipinski definition) is 2. The fourth-order valence-corrected chi connectivity index (χ4v) is 2.76. The minimum absolute atomic E-state index is 0.0115. The molecular formula is C20H32N4O2. The zero-order valence-corrected chi connectivity index (χ0v) is 16.5.